The summed E-state index contributed by atoms with van der Waals surface area (Å²) in [7, 11) is 0. The molecule has 0 spiro atoms. The first-order chi connectivity index (χ1) is 9.03. The molecule has 0 atom stereocenters. The molecule has 0 amide bonds. The van der Waals surface area contributed by atoms with Crippen LogP contribution in [0.4, 0.5) is 26.3 Å². The number of ketones is 1. The van der Waals surface area contributed by atoms with E-state index in [0.29, 0.717) is 12.1 Å². The highest BCUT2D eigenvalue weighted by molar-refractivity contribution is 9.09. The maximum Gasteiger partial charge on any atom is 0.446 e. The van der Waals surface area contributed by atoms with Gasteiger partial charge in [0.15, 0.2) is 0 Å². The lowest BCUT2D eigenvalue weighted by molar-refractivity contribution is -0.137. The quantitative estimate of drug-likeness (QED) is 0.423. The van der Waals surface area contributed by atoms with Crippen LogP contribution in [0.1, 0.15) is 11.1 Å². The first-order valence-corrected chi connectivity index (χ1v) is 7.00. The Labute approximate surface area is 122 Å². The van der Waals surface area contributed by atoms with Crippen LogP contribution < -0.4 is 0 Å². The summed E-state index contributed by atoms with van der Waals surface area (Å²) < 4.78 is 74.6. The van der Waals surface area contributed by atoms with Gasteiger partial charge in [0.1, 0.15) is 5.78 Å². The van der Waals surface area contributed by atoms with Crippen molar-refractivity contribution < 1.29 is 31.1 Å². The Morgan fingerprint density at radius 3 is 2.20 bits per heavy atom. The van der Waals surface area contributed by atoms with E-state index in [1.807, 2.05) is 0 Å². The van der Waals surface area contributed by atoms with Crippen LogP contribution in [0.5, 0.6) is 0 Å². The van der Waals surface area contributed by atoms with E-state index in [2.05, 4.69) is 15.9 Å². The minimum absolute atomic E-state index is 0.140. The summed E-state index contributed by atoms with van der Waals surface area (Å²) >= 11 is 2.28. The van der Waals surface area contributed by atoms with Crippen molar-refractivity contribution in [1.29, 1.82) is 0 Å². The van der Waals surface area contributed by atoms with Crippen LogP contribution in [0.3, 0.4) is 0 Å². The van der Waals surface area contributed by atoms with E-state index < -0.39 is 46.1 Å². The molecule has 1 aromatic rings. The molecule has 9 heteroatoms. The second kappa shape index (κ2) is 6.38. The van der Waals surface area contributed by atoms with Crippen molar-refractivity contribution in [3.8, 4) is 0 Å². The topological polar surface area (TPSA) is 17.1 Å². The Balaban J connectivity index is 3.19. The Morgan fingerprint density at radius 2 is 1.75 bits per heavy atom. The first-order valence-electron chi connectivity index (χ1n) is 5.06. The fourth-order valence-corrected chi connectivity index (χ4v) is 2.22. The number of hydrogen-bond donors (Lipinski definition) is 0. The number of hydrogen-bond acceptors (Lipinski definition) is 2. The van der Waals surface area contributed by atoms with Gasteiger partial charge in [-0.1, -0.05) is 15.9 Å². The molecule has 0 fully saturated rings. The number of carbonyl (C=O) groups is 1. The Hall–Kier alpha value is -0.700. The number of alkyl halides is 7. The minimum atomic E-state index is -4.67. The van der Waals surface area contributed by atoms with Gasteiger partial charge in [0.05, 0.1) is 10.9 Å². The van der Waals surface area contributed by atoms with Crippen molar-refractivity contribution in [3.63, 3.8) is 0 Å². The number of Topliss-reactive ketones (excluding diaryl/α,β-unsaturated/α-hetero) is 1. The van der Waals surface area contributed by atoms with Crippen LogP contribution >= 0.6 is 27.7 Å². The molecular formula is C11H7BrF6OS. The average molecular weight is 381 g/mol. The average Bonchev–Trinajstić information content (AvgIpc) is 2.28. The van der Waals surface area contributed by atoms with E-state index >= 15 is 0 Å². The SMILES string of the molecule is O=C(CBr)Cc1cc(C(F)(F)F)ccc1SC(F)(F)F. The van der Waals surface area contributed by atoms with Crippen molar-refractivity contribution in [2.75, 3.05) is 5.33 Å². The maximum absolute atomic E-state index is 12.5. The van der Waals surface area contributed by atoms with Crippen LogP contribution in [-0.2, 0) is 17.4 Å². The molecular weight excluding hydrogens is 374 g/mol. The van der Waals surface area contributed by atoms with Crippen molar-refractivity contribution in [2.24, 2.45) is 0 Å². The summed E-state index contributed by atoms with van der Waals surface area (Å²) in [5, 5.41) is -0.140. The van der Waals surface area contributed by atoms with E-state index in [0.717, 1.165) is 6.07 Å². The van der Waals surface area contributed by atoms with E-state index in [9.17, 15) is 31.1 Å². The van der Waals surface area contributed by atoms with Crippen LogP contribution in [0, 0.1) is 0 Å². The van der Waals surface area contributed by atoms with Gasteiger partial charge in [-0.05, 0) is 35.5 Å². The summed E-state index contributed by atoms with van der Waals surface area (Å²) in [4.78, 5) is 10.8. The summed E-state index contributed by atoms with van der Waals surface area (Å²) in [5.74, 6) is -0.506. The molecule has 20 heavy (non-hydrogen) atoms. The molecule has 112 valence electrons. The second-order valence-electron chi connectivity index (χ2n) is 3.72. The lowest BCUT2D eigenvalue weighted by atomic mass is 10.1. The zero-order chi connectivity index (χ0) is 15.6. The van der Waals surface area contributed by atoms with Gasteiger partial charge in [-0.15, -0.1) is 0 Å². The zero-order valence-electron chi connectivity index (χ0n) is 9.61. The Kier molecular flexibility index (Phi) is 5.54. The van der Waals surface area contributed by atoms with Crippen LogP contribution in [0.2, 0.25) is 0 Å². The predicted molar refractivity (Wildman–Crippen MR) is 65.9 cm³/mol. The summed E-state index contributed by atoms with van der Waals surface area (Å²) in [6, 6.07) is 1.88. The van der Waals surface area contributed by atoms with Crippen LogP contribution in [0.25, 0.3) is 0 Å². The highest BCUT2D eigenvalue weighted by Crippen LogP contribution is 2.40. The van der Waals surface area contributed by atoms with E-state index in [4.69, 9.17) is 0 Å². The first kappa shape index (κ1) is 17.4. The number of benzene rings is 1. The Morgan fingerprint density at radius 1 is 1.15 bits per heavy atom. The molecule has 0 heterocycles. The fraction of sp³-hybridized carbons (Fsp3) is 0.364. The number of rotatable bonds is 4. The van der Waals surface area contributed by atoms with Gasteiger partial charge in [-0.25, -0.2) is 0 Å². The fourth-order valence-electron chi connectivity index (χ4n) is 1.38. The molecule has 1 aromatic carbocycles. The van der Waals surface area contributed by atoms with Gasteiger partial charge >= 0.3 is 11.7 Å². The molecule has 0 unspecified atom stereocenters. The molecule has 1 rings (SSSR count). The molecule has 0 aromatic heterocycles. The molecule has 0 N–H and O–H groups in total. The molecule has 1 nitrogen and oxygen atoms in total. The number of halogens is 7. The molecule has 0 radical (unpaired) electrons. The molecule has 0 aliphatic heterocycles. The molecule has 0 bridgehead atoms. The van der Waals surface area contributed by atoms with Crippen molar-refractivity contribution in [3.05, 3.63) is 29.3 Å². The summed E-state index contributed by atoms with van der Waals surface area (Å²) in [6.45, 7) is 0. The minimum Gasteiger partial charge on any atom is -0.298 e. The number of thioether (sulfide) groups is 1. The standard InChI is InChI=1S/C11H7BrF6OS/c12-5-8(19)4-6-3-7(10(13,14)15)1-2-9(6)20-11(16,17)18/h1-3H,4-5H2. The van der Waals surface area contributed by atoms with Crippen molar-refractivity contribution in [1.82, 2.24) is 0 Å². The third kappa shape index (κ3) is 5.35. The Bertz CT molecular complexity index is 497. The molecule has 0 aliphatic rings. The third-order valence-corrected chi connectivity index (χ3v) is 3.63. The van der Waals surface area contributed by atoms with Crippen molar-refractivity contribution in [2.45, 2.75) is 23.0 Å². The predicted octanol–water partition coefficient (Wildman–Crippen LogP) is 4.82. The summed E-state index contributed by atoms with van der Waals surface area (Å²) in [5.41, 5.74) is -6.00. The second-order valence-corrected chi connectivity index (χ2v) is 5.38. The van der Waals surface area contributed by atoms with E-state index in [-0.39, 0.29) is 10.9 Å². The highest BCUT2D eigenvalue weighted by Gasteiger charge is 2.34. The van der Waals surface area contributed by atoms with E-state index in [1.54, 1.807) is 0 Å². The smallest absolute Gasteiger partial charge is 0.298 e. The lowest BCUT2D eigenvalue weighted by Crippen LogP contribution is -2.10. The maximum atomic E-state index is 12.5. The third-order valence-electron chi connectivity index (χ3n) is 2.15. The normalized spacial score (nSPS) is 12.6. The van der Waals surface area contributed by atoms with Crippen LogP contribution in [-0.4, -0.2) is 16.6 Å². The lowest BCUT2D eigenvalue weighted by Gasteiger charge is -2.14. The van der Waals surface area contributed by atoms with Crippen molar-refractivity contribution >= 4 is 33.5 Å². The van der Waals surface area contributed by atoms with Gasteiger partial charge in [0, 0.05) is 11.3 Å². The molecule has 0 saturated heterocycles. The molecule has 0 saturated carbocycles. The highest BCUT2D eigenvalue weighted by atomic mass is 79.9. The zero-order valence-corrected chi connectivity index (χ0v) is 12.0. The van der Waals surface area contributed by atoms with Crippen LogP contribution in [0.15, 0.2) is 23.1 Å². The van der Waals surface area contributed by atoms with E-state index in [1.165, 1.54) is 0 Å². The van der Waals surface area contributed by atoms with Gasteiger partial charge in [-0.2, -0.15) is 26.3 Å². The summed E-state index contributed by atoms with van der Waals surface area (Å²) in [6.07, 6.45) is -5.17. The van der Waals surface area contributed by atoms with Gasteiger partial charge in [0.2, 0.25) is 0 Å². The number of carbonyl (C=O) groups excluding carboxylic acids is 1. The largest absolute Gasteiger partial charge is 0.446 e. The van der Waals surface area contributed by atoms with Gasteiger partial charge in [-0.3, -0.25) is 4.79 Å². The molecule has 0 aliphatic carbocycles. The van der Waals surface area contributed by atoms with Gasteiger partial charge in [0.25, 0.3) is 0 Å². The monoisotopic (exact) mass is 380 g/mol. The van der Waals surface area contributed by atoms with Gasteiger partial charge < -0.3 is 0 Å².